The summed E-state index contributed by atoms with van der Waals surface area (Å²) in [5.41, 5.74) is 3.39. The second kappa shape index (κ2) is 6.12. The number of nitrogens with two attached hydrogens (primary N) is 1. The quantitative estimate of drug-likeness (QED) is 0.646. The molecule has 0 saturated carbocycles. The third-order valence-electron chi connectivity index (χ3n) is 3.08. The molecule has 0 spiro atoms. The molecule has 2 aromatic rings. The van der Waals surface area contributed by atoms with E-state index < -0.39 is 11.7 Å². The van der Waals surface area contributed by atoms with Crippen molar-refractivity contribution in [2.24, 2.45) is 12.9 Å². The number of hydrogen-bond donors (Lipinski definition) is 2. The van der Waals surface area contributed by atoms with E-state index in [-0.39, 0.29) is 6.04 Å². The number of rotatable bonds is 4. The number of aromatic nitrogens is 3. The van der Waals surface area contributed by atoms with Crippen molar-refractivity contribution >= 4 is 15.9 Å². The van der Waals surface area contributed by atoms with Gasteiger partial charge in [0.25, 0.3) is 0 Å². The van der Waals surface area contributed by atoms with Gasteiger partial charge in [-0.3, -0.25) is 11.3 Å². The number of hydrazine groups is 1. The summed E-state index contributed by atoms with van der Waals surface area (Å²) in [5.74, 6) is 5.53. The molecule has 114 valence electrons. The SMILES string of the molecule is Cn1nnc(Br)c1C(Cc1ccc(C(F)(F)F)cc1)NN. The smallest absolute Gasteiger partial charge is 0.271 e. The molecule has 0 fully saturated rings. The molecule has 1 aromatic carbocycles. The fourth-order valence-electron chi connectivity index (χ4n) is 2.01. The van der Waals surface area contributed by atoms with Gasteiger partial charge in [0.05, 0.1) is 17.3 Å². The van der Waals surface area contributed by atoms with Gasteiger partial charge in [0, 0.05) is 7.05 Å². The Hall–Kier alpha value is -1.45. The third-order valence-corrected chi connectivity index (χ3v) is 3.64. The van der Waals surface area contributed by atoms with E-state index in [9.17, 15) is 13.2 Å². The zero-order valence-corrected chi connectivity index (χ0v) is 12.6. The number of nitrogens with zero attached hydrogens (tertiary/aromatic N) is 3. The van der Waals surface area contributed by atoms with Crippen molar-refractivity contribution in [3.63, 3.8) is 0 Å². The first kappa shape index (κ1) is 15.9. The zero-order chi connectivity index (χ0) is 15.6. The molecule has 0 aliphatic rings. The molecule has 21 heavy (non-hydrogen) atoms. The minimum Gasteiger partial charge on any atom is -0.271 e. The number of aryl methyl sites for hydroxylation is 1. The number of alkyl halides is 3. The van der Waals surface area contributed by atoms with Crippen LogP contribution in [0.3, 0.4) is 0 Å². The van der Waals surface area contributed by atoms with Gasteiger partial charge in [-0.05, 0) is 40.0 Å². The summed E-state index contributed by atoms with van der Waals surface area (Å²) in [6, 6.07) is 4.66. The van der Waals surface area contributed by atoms with Crippen LogP contribution in [0.2, 0.25) is 0 Å². The van der Waals surface area contributed by atoms with Crippen LogP contribution in [0.5, 0.6) is 0 Å². The van der Waals surface area contributed by atoms with Crippen LogP contribution in [0.25, 0.3) is 0 Å². The minimum atomic E-state index is -4.33. The van der Waals surface area contributed by atoms with Crippen molar-refractivity contribution in [1.82, 2.24) is 20.4 Å². The van der Waals surface area contributed by atoms with Gasteiger partial charge in [0.1, 0.15) is 0 Å². The predicted molar refractivity (Wildman–Crippen MR) is 73.9 cm³/mol. The molecule has 0 aliphatic carbocycles. The Bertz CT molecular complexity index is 589. The molecule has 0 amide bonds. The Morgan fingerprint density at radius 2 is 1.95 bits per heavy atom. The van der Waals surface area contributed by atoms with Crippen LogP contribution in [-0.2, 0) is 19.6 Å². The molecule has 1 unspecified atom stereocenters. The van der Waals surface area contributed by atoms with Gasteiger partial charge < -0.3 is 0 Å². The Kier molecular flexibility index (Phi) is 4.64. The lowest BCUT2D eigenvalue weighted by Gasteiger charge is -2.16. The summed E-state index contributed by atoms with van der Waals surface area (Å²) in [6.45, 7) is 0. The molecule has 0 saturated heterocycles. The lowest BCUT2D eigenvalue weighted by Crippen LogP contribution is -2.31. The lowest BCUT2D eigenvalue weighted by atomic mass is 10.0. The number of nitrogens with one attached hydrogen (secondary N) is 1. The van der Waals surface area contributed by atoms with E-state index in [1.165, 1.54) is 12.1 Å². The highest BCUT2D eigenvalue weighted by molar-refractivity contribution is 9.10. The summed E-state index contributed by atoms with van der Waals surface area (Å²) in [4.78, 5) is 0. The maximum atomic E-state index is 12.5. The van der Waals surface area contributed by atoms with E-state index in [4.69, 9.17) is 5.84 Å². The van der Waals surface area contributed by atoms with E-state index in [1.54, 1.807) is 11.7 Å². The number of hydrogen-bond acceptors (Lipinski definition) is 4. The Morgan fingerprint density at radius 1 is 1.33 bits per heavy atom. The van der Waals surface area contributed by atoms with Gasteiger partial charge >= 0.3 is 6.18 Å². The second-order valence-corrected chi connectivity index (χ2v) is 5.26. The molecule has 3 N–H and O–H groups in total. The summed E-state index contributed by atoms with van der Waals surface area (Å²) >= 11 is 3.27. The normalized spacial score (nSPS) is 13.4. The van der Waals surface area contributed by atoms with Crippen molar-refractivity contribution in [2.75, 3.05) is 0 Å². The van der Waals surface area contributed by atoms with Crippen LogP contribution >= 0.6 is 15.9 Å². The van der Waals surface area contributed by atoms with Gasteiger partial charge in [-0.15, -0.1) is 5.10 Å². The molecule has 0 radical (unpaired) electrons. The van der Waals surface area contributed by atoms with E-state index in [0.29, 0.717) is 11.0 Å². The van der Waals surface area contributed by atoms with E-state index in [1.807, 2.05) is 0 Å². The van der Waals surface area contributed by atoms with Crippen molar-refractivity contribution in [2.45, 2.75) is 18.6 Å². The highest BCUT2D eigenvalue weighted by atomic mass is 79.9. The highest BCUT2D eigenvalue weighted by Crippen LogP contribution is 2.30. The Balaban J connectivity index is 2.20. The Labute approximate surface area is 127 Å². The topological polar surface area (TPSA) is 68.8 Å². The monoisotopic (exact) mass is 363 g/mol. The maximum Gasteiger partial charge on any atom is 0.416 e. The van der Waals surface area contributed by atoms with Crippen LogP contribution < -0.4 is 11.3 Å². The molecular formula is C12H13BrF3N5. The van der Waals surface area contributed by atoms with Gasteiger partial charge in [0.2, 0.25) is 0 Å². The molecule has 1 heterocycles. The first-order valence-corrected chi connectivity index (χ1v) is 6.79. The maximum absolute atomic E-state index is 12.5. The second-order valence-electron chi connectivity index (χ2n) is 4.51. The summed E-state index contributed by atoms with van der Waals surface area (Å²) < 4.78 is 39.7. The van der Waals surface area contributed by atoms with Crippen LogP contribution in [0.1, 0.15) is 22.9 Å². The molecule has 5 nitrogen and oxygen atoms in total. The standard InChI is InChI=1S/C12H13BrF3N5/c1-21-10(11(13)19-20-21)9(18-17)6-7-2-4-8(5-3-7)12(14,15)16/h2-5,9,18H,6,17H2,1H3. The van der Waals surface area contributed by atoms with Gasteiger partial charge in [-0.25, -0.2) is 4.68 Å². The highest BCUT2D eigenvalue weighted by Gasteiger charge is 2.30. The van der Waals surface area contributed by atoms with E-state index in [2.05, 4.69) is 31.7 Å². The van der Waals surface area contributed by atoms with Crippen molar-refractivity contribution < 1.29 is 13.2 Å². The zero-order valence-electron chi connectivity index (χ0n) is 11.0. The average Bonchev–Trinajstić information content (AvgIpc) is 2.75. The van der Waals surface area contributed by atoms with Crippen molar-refractivity contribution in [3.8, 4) is 0 Å². The summed E-state index contributed by atoms with van der Waals surface area (Å²) in [7, 11) is 1.71. The summed E-state index contributed by atoms with van der Waals surface area (Å²) in [5, 5.41) is 7.71. The molecular weight excluding hydrogens is 351 g/mol. The average molecular weight is 364 g/mol. The fourth-order valence-corrected chi connectivity index (χ4v) is 2.61. The van der Waals surface area contributed by atoms with E-state index in [0.717, 1.165) is 23.4 Å². The van der Waals surface area contributed by atoms with Gasteiger partial charge in [-0.1, -0.05) is 17.3 Å². The van der Waals surface area contributed by atoms with Gasteiger partial charge in [-0.2, -0.15) is 13.2 Å². The molecule has 0 aliphatic heterocycles. The van der Waals surface area contributed by atoms with Gasteiger partial charge in [0.15, 0.2) is 4.60 Å². The molecule has 1 atom stereocenters. The number of halogens is 4. The van der Waals surface area contributed by atoms with E-state index >= 15 is 0 Å². The first-order chi connectivity index (χ1) is 9.82. The fraction of sp³-hybridized carbons (Fsp3) is 0.333. The molecule has 0 bridgehead atoms. The van der Waals surface area contributed by atoms with Crippen molar-refractivity contribution in [1.29, 1.82) is 0 Å². The molecule has 1 aromatic heterocycles. The third kappa shape index (κ3) is 3.60. The van der Waals surface area contributed by atoms with Crippen LogP contribution in [0.4, 0.5) is 13.2 Å². The minimum absolute atomic E-state index is 0.323. The number of benzene rings is 1. The first-order valence-electron chi connectivity index (χ1n) is 6.00. The summed E-state index contributed by atoms with van der Waals surface area (Å²) in [6.07, 6.45) is -3.92. The largest absolute Gasteiger partial charge is 0.416 e. The van der Waals surface area contributed by atoms with Crippen LogP contribution in [0.15, 0.2) is 28.9 Å². The Morgan fingerprint density at radius 3 is 2.38 bits per heavy atom. The molecule has 2 rings (SSSR count). The van der Waals surface area contributed by atoms with Crippen LogP contribution in [0, 0.1) is 0 Å². The predicted octanol–water partition coefficient (Wildman–Crippen LogP) is 2.34. The van der Waals surface area contributed by atoms with Crippen molar-refractivity contribution in [3.05, 3.63) is 45.7 Å². The van der Waals surface area contributed by atoms with Crippen LogP contribution in [-0.4, -0.2) is 15.0 Å². The molecule has 9 heteroatoms. The lowest BCUT2D eigenvalue weighted by molar-refractivity contribution is -0.137.